The second kappa shape index (κ2) is 6.07. The van der Waals surface area contributed by atoms with Crippen LogP contribution in [0.2, 0.25) is 0 Å². The molecule has 18 heavy (non-hydrogen) atoms. The van der Waals surface area contributed by atoms with E-state index in [1.165, 1.54) is 0 Å². The fraction of sp³-hybridized carbons (Fsp3) is 0.200. The van der Waals surface area contributed by atoms with E-state index in [2.05, 4.69) is 0 Å². The van der Waals surface area contributed by atoms with E-state index in [1.807, 2.05) is 48.5 Å². The molecule has 0 aliphatic carbocycles. The quantitative estimate of drug-likeness (QED) is 0.821. The van der Waals surface area contributed by atoms with Gasteiger partial charge in [-0.1, -0.05) is 24.3 Å². The Balaban J connectivity index is 1.86. The van der Waals surface area contributed by atoms with Crippen molar-refractivity contribution in [3.63, 3.8) is 0 Å². The third kappa shape index (κ3) is 3.50. The van der Waals surface area contributed by atoms with Gasteiger partial charge in [-0.05, 0) is 35.4 Å². The first-order valence-electron chi connectivity index (χ1n) is 5.83. The van der Waals surface area contributed by atoms with Crippen molar-refractivity contribution in [1.82, 2.24) is 0 Å². The van der Waals surface area contributed by atoms with Crippen LogP contribution in [0.15, 0.2) is 48.5 Å². The van der Waals surface area contributed by atoms with Crippen LogP contribution in [-0.4, -0.2) is 7.11 Å². The molecule has 0 bridgehead atoms. The van der Waals surface area contributed by atoms with Gasteiger partial charge in [0.15, 0.2) is 0 Å². The van der Waals surface area contributed by atoms with E-state index < -0.39 is 0 Å². The van der Waals surface area contributed by atoms with Crippen LogP contribution in [0, 0.1) is 0 Å². The van der Waals surface area contributed by atoms with Gasteiger partial charge in [0.25, 0.3) is 0 Å². The predicted molar refractivity (Wildman–Crippen MR) is 72.3 cm³/mol. The van der Waals surface area contributed by atoms with Gasteiger partial charge in [0.1, 0.15) is 5.75 Å². The fourth-order valence-corrected chi connectivity index (χ4v) is 1.66. The Kier molecular flexibility index (Phi) is 4.20. The van der Waals surface area contributed by atoms with E-state index in [0.29, 0.717) is 13.2 Å². The van der Waals surface area contributed by atoms with Crippen LogP contribution >= 0.6 is 0 Å². The molecule has 0 amide bonds. The van der Waals surface area contributed by atoms with Crippen molar-refractivity contribution in [1.29, 1.82) is 0 Å². The molecule has 2 rings (SSSR count). The number of nitrogens with two attached hydrogens (primary N) is 1. The molecule has 0 aromatic heterocycles. The molecule has 0 unspecified atom stereocenters. The lowest BCUT2D eigenvalue weighted by molar-refractivity contribution is 0.107. The standard InChI is InChI=1S/C15H17NO2/c1-17-15-4-2-3-13(9-15)11-18-10-12-5-7-14(16)8-6-12/h2-9H,10-11,16H2,1H3. The predicted octanol–water partition coefficient (Wildman–Crippen LogP) is 2.99. The lowest BCUT2D eigenvalue weighted by Crippen LogP contribution is -1.95. The van der Waals surface area contributed by atoms with Gasteiger partial charge in [0.2, 0.25) is 0 Å². The third-order valence-corrected chi connectivity index (χ3v) is 2.65. The largest absolute Gasteiger partial charge is 0.497 e. The second-order valence-corrected chi connectivity index (χ2v) is 4.09. The highest BCUT2D eigenvalue weighted by molar-refractivity contribution is 5.39. The van der Waals surface area contributed by atoms with Crippen molar-refractivity contribution in [3.05, 3.63) is 59.7 Å². The summed E-state index contributed by atoms with van der Waals surface area (Å²) in [4.78, 5) is 0. The molecule has 0 aliphatic heterocycles. The van der Waals surface area contributed by atoms with Crippen LogP contribution in [0.5, 0.6) is 5.75 Å². The lowest BCUT2D eigenvalue weighted by atomic mass is 10.2. The zero-order valence-electron chi connectivity index (χ0n) is 10.4. The van der Waals surface area contributed by atoms with Crippen LogP contribution in [-0.2, 0) is 18.0 Å². The second-order valence-electron chi connectivity index (χ2n) is 4.09. The summed E-state index contributed by atoms with van der Waals surface area (Å²) < 4.78 is 10.8. The van der Waals surface area contributed by atoms with E-state index in [1.54, 1.807) is 7.11 Å². The van der Waals surface area contributed by atoms with E-state index in [-0.39, 0.29) is 0 Å². The first-order chi connectivity index (χ1) is 8.78. The van der Waals surface area contributed by atoms with E-state index in [4.69, 9.17) is 15.2 Å². The number of benzene rings is 2. The van der Waals surface area contributed by atoms with Crippen molar-refractivity contribution in [2.75, 3.05) is 12.8 Å². The summed E-state index contributed by atoms with van der Waals surface area (Å²) >= 11 is 0. The monoisotopic (exact) mass is 243 g/mol. The molecule has 2 N–H and O–H groups in total. The molecule has 0 saturated carbocycles. The molecule has 0 spiro atoms. The summed E-state index contributed by atoms with van der Waals surface area (Å²) in [5.74, 6) is 0.851. The molecule has 2 aromatic rings. The summed E-state index contributed by atoms with van der Waals surface area (Å²) in [5.41, 5.74) is 8.61. The minimum Gasteiger partial charge on any atom is -0.497 e. The molecule has 0 fully saturated rings. The van der Waals surface area contributed by atoms with Crippen molar-refractivity contribution >= 4 is 5.69 Å². The maximum Gasteiger partial charge on any atom is 0.119 e. The number of ether oxygens (including phenoxy) is 2. The maximum absolute atomic E-state index is 5.65. The van der Waals surface area contributed by atoms with Gasteiger partial charge in [-0.25, -0.2) is 0 Å². The average molecular weight is 243 g/mol. The van der Waals surface area contributed by atoms with Gasteiger partial charge >= 0.3 is 0 Å². The number of methoxy groups -OCH3 is 1. The molecule has 0 aliphatic rings. The molecule has 94 valence electrons. The Bertz CT molecular complexity index is 494. The summed E-state index contributed by atoms with van der Waals surface area (Å²) in [7, 11) is 1.66. The van der Waals surface area contributed by atoms with E-state index >= 15 is 0 Å². The molecule has 2 aromatic carbocycles. The Morgan fingerprint density at radius 1 is 0.944 bits per heavy atom. The Morgan fingerprint density at radius 2 is 1.67 bits per heavy atom. The van der Waals surface area contributed by atoms with E-state index in [0.717, 1.165) is 22.6 Å². The van der Waals surface area contributed by atoms with Crippen LogP contribution in [0.3, 0.4) is 0 Å². The highest BCUT2D eigenvalue weighted by Crippen LogP contribution is 2.14. The van der Waals surface area contributed by atoms with Gasteiger partial charge in [0, 0.05) is 5.69 Å². The zero-order chi connectivity index (χ0) is 12.8. The Labute approximate surface area is 107 Å². The Hall–Kier alpha value is -2.00. The molecule has 3 heteroatoms. The minimum atomic E-state index is 0.571. The van der Waals surface area contributed by atoms with Gasteiger partial charge in [0.05, 0.1) is 20.3 Å². The van der Waals surface area contributed by atoms with Gasteiger partial charge in [-0.15, -0.1) is 0 Å². The van der Waals surface area contributed by atoms with Crippen LogP contribution in [0.25, 0.3) is 0 Å². The third-order valence-electron chi connectivity index (χ3n) is 2.65. The number of hydrogen-bond acceptors (Lipinski definition) is 3. The van der Waals surface area contributed by atoms with Crippen molar-refractivity contribution in [2.24, 2.45) is 0 Å². The fourth-order valence-electron chi connectivity index (χ4n) is 1.66. The number of anilines is 1. The van der Waals surface area contributed by atoms with E-state index in [9.17, 15) is 0 Å². The van der Waals surface area contributed by atoms with Gasteiger partial charge in [-0.2, -0.15) is 0 Å². The summed E-state index contributed by atoms with van der Waals surface area (Å²) in [6, 6.07) is 15.6. The summed E-state index contributed by atoms with van der Waals surface area (Å²) in [5, 5.41) is 0. The minimum absolute atomic E-state index is 0.571. The maximum atomic E-state index is 5.65. The normalized spacial score (nSPS) is 10.3. The van der Waals surface area contributed by atoms with Crippen LogP contribution in [0.1, 0.15) is 11.1 Å². The molecular weight excluding hydrogens is 226 g/mol. The molecular formula is C15H17NO2. The Morgan fingerprint density at radius 3 is 2.39 bits per heavy atom. The first kappa shape index (κ1) is 12.5. The van der Waals surface area contributed by atoms with Crippen LogP contribution in [0.4, 0.5) is 5.69 Å². The molecule has 0 atom stereocenters. The number of hydrogen-bond donors (Lipinski definition) is 1. The first-order valence-corrected chi connectivity index (χ1v) is 5.83. The average Bonchev–Trinajstić information content (AvgIpc) is 2.41. The molecule has 0 radical (unpaired) electrons. The summed E-state index contributed by atoms with van der Waals surface area (Å²) in [6.45, 7) is 1.15. The molecule has 0 saturated heterocycles. The topological polar surface area (TPSA) is 44.5 Å². The van der Waals surface area contributed by atoms with Crippen molar-refractivity contribution in [3.8, 4) is 5.75 Å². The van der Waals surface area contributed by atoms with Gasteiger partial charge < -0.3 is 15.2 Å². The van der Waals surface area contributed by atoms with Crippen molar-refractivity contribution < 1.29 is 9.47 Å². The van der Waals surface area contributed by atoms with Gasteiger partial charge in [-0.3, -0.25) is 0 Å². The smallest absolute Gasteiger partial charge is 0.119 e. The highest BCUT2D eigenvalue weighted by atomic mass is 16.5. The van der Waals surface area contributed by atoms with Crippen LogP contribution < -0.4 is 10.5 Å². The lowest BCUT2D eigenvalue weighted by Gasteiger charge is -2.06. The van der Waals surface area contributed by atoms with Crippen molar-refractivity contribution in [2.45, 2.75) is 13.2 Å². The molecule has 0 heterocycles. The zero-order valence-corrected chi connectivity index (χ0v) is 10.4. The molecule has 3 nitrogen and oxygen atoms in total. The summed E-state index contributed by atoms with van der Waals surface area (Å²) in [6.07, 6.45) is 0. The number of rotatable bonds is 5. The highest BCUT2D eigenvalue weighted by Gasteiger charge is 1.97. The number of nitrogen functional groups attached to an aromatic ring is 1. The SMILES string of the molecule is COc1cccc(COCc2ccc(N)cc2)c1.